The van der Waals surface area contributed by atoms with E-state index in [9.17, 15) is 4.79 Å². The Morgan fingerprint density at radius 3 is 2.73 bits per heavy atom. The summed E-state index contributed by atoms with van der Waals surface area (Å²) in [4.78, 5) is 11.7. The maximum absolute atomic E-state index is 11.7. The molecule has 1 rings (SSSR count). The van der Waals surface area contributed by atoms with Gasteiger partial charge in [0.15, 0.2) is 0 Å². The zero-order valence-electron chi connectivity index (χ0n) is 9.36. The molecule has 0 aromatic carbocycles. The van der Waals surface area contributed by atoms with Crippen LogP contribution in [0.1, 0.15) is 26.2 Å². The number of amides is 1. The summed E-state index contributed by atoms with van der Waals surface area (Å²) in [7, 11) is 0. The molecule has 1 fully saturated rings. The van der Waals surface area contributed by atoms with Crippen LogP contribution in [0.25, 0.3) is 0 Å². The van der Waals surface area contributed by atoms with Gasteiger partial charge in [-0.3, -0.25) is 4.79 Å². The number of rotatable bonds is 4. The van der Waals surface area contributed by atoms with Crippen molar-refractivity contribution in [1.29, 1.82) is 0 Å². The van der Waals surface area contributed by atoms with Crippen molar-refractivity contribution in [2.45, 2.75) is 37.5 Å². The fraction of sp³-hybridized carbons (Fsp3) is 0.900. The smallest absolute Gasteiger partial charge is 0.224 e. The molecule has 0 aromatic rings. The number of hydrogen-bond donors (Lipinski definition) is 2. The van der Waals surface area contributed by atoms with Gasteiger partial charge in [-0.25, -0.2) is 0 Å². The molecule has 3 atom stereocenters. The van der Waals surface area contributed by atoms with Gasteiger partial charge in [0.1, 0.15) is 0 Å². The molecule has 1 saturated carbocycles. The molecule has 1 aliphatic carbocycles. The minimum atomic E-state index is 0. The highest BCUT2D eigenvalue weighted by Gasteiger charge is 2.29. The molecule has 0 radical (unpaired) electrons. The number of hydrogen-bond acceptors (Lipinski definition) is 3. The van der Waals surface area contributed by atoms with E-state index in [1.807, 2.05) is 0 Å². The highest BCUT2D eigenvalue weighted by atomic mass is 35.5. The maximum atomic E-state index is 11.7. The van der Waals surface area contributed by atoms with E-state index in [-0.39, 0.29) is 30.3 Å². The van der Waals surface area contributed by atoms with Gasteiger partial charge < -0.3 is 11.1 Å². The molecule has 3 nitrogen and oxygen atoms in total. The van der Waals surface area contributed by atoms with Crippen LogP contribution >= 0.6 is 24.2 Å². The first-order valence-corrected chi connectivity index (χ1v) is 6.50. The van der Waals surface area contributed by atoms with Crippen molar-refractivity contribution in [3.8, 4) is 0 Å². The van der Waals surface area contributed by atoms with Gasteiger partial charge in [-0.15, -0.1) is 12.4 Å². The van der Waals surface area contributed by atoms with Crippen LogP contribution in [-0.2, 0) is 4.79 Å². The predicted octanol–water partition coefficient (Wildman–Crippen LogP) is 1.40. The lowest BCUT2D eigenvalue weighted by Crippen LogP contribution is -2.40. The molecule has 0 heterocycles. The summed E-state index contributed by atoms with van der Waals surface area (Å²) in [5.41, 5.74) is 5.85. The molecule has 3 N–H and O–H groups in total. The maximum Gasteiger partial charge on any atom is 0.224 e. The summed E-state index contributed by atoms with van der Waals surface area (Å²) < 4.78 is 0. The average Bonchev–Trinajstić information content (AvgIpc) is 2.60. The lowest BCUT2D eigenvalue weighted by atomic mass is 10.0. The van der Waals surface area contributed by atoms with Crippen LogP contribution in [0.4, 0.5) is 0 Å². The van der Waals surface area contributed by atoms with E-state index in [1.54, 1.807) is 11.8 Å². The Kier molecular flexibility index (Phi) is 7.40. The Balaban J connectivity index is 0.00000196. The van der Waals surface area contributed by atoms with E-state index in [0.717, 1.165) is 25.8 Å². The molecule has 3 unspecified atom stereocenters. The Morgan fingerprint density at radius 1 is 1.60 bits per heavy atom. The van der Waals surface area contributed by atoms with Crippen molar-refractivity contribution in [3.05, 3.63) is 0 Å². The first kappa shape index (κ1) is 15.1. The van der Waals surface area contributed by atoms with E-state index in [2.05, 4.69) is 18.5 Å². The number of nitrogens with one attached hydrogen (secondary N) is 1. The first-order chi connectivity index (χ1) is 6.65. The van der Waals surface area contributed by atoms with E-state index in [4.69, 9.17) is 5.73 Å². The topological polar surface area (TPSA) is 55.1 Å². The quantitative estimate of drug-likeness (QED) is 0.796. The number of halogens is 1. The van der Waals surface area contributed by atoms with Gasteiger partial charge in [-0.05, 0) is 19.1 Å². The molecular weight excluding hydrogens is 232 g/mol. The Hall–Kier alpha value is 0.0700. The lowest BCUT2D eigenvalue weighted by molar-refractivity contribution is -0.125. The van der Waals surface area contributed by atoms with Gasteiger partial charge in [0.25, 0.3) is 0 Å². The van der Waals surface area contributed by atoms with Gasteiger partial charge >= 0.3 is 0 Å². The Bertz CT molecular complexity index is 204. The van der Waals surface area contributed by atoms with Gasteiger partial charge in [-0.1, -0.05) is 13.3 Å². The van der Waals surface area contributed by atoms with Crippen LogP contribution in [-0.4, -0.2) is 30.0 Å². The molecule has 1 aliphatic rings. The zero-order valence-corrected chi connectivity index (χ0v) is 11.0. The fourth-order valence-corrected chi connectivity index (χ4v) is 2.02. The molecule has 15 heavy (non-hydrogen) atoms. The van der Waals surface area contributed by atoms with Gasteiger partial charge in [-0.2, -0.15) is 11.8 Å². The second-order valence-electron chi connectivity index (χ2n) is 3.99. The second kappa shape index (κ2) is 7.36. The third kappa shape index (κ3) is 4.62. The molecule has 0 aromatic heterocycles. The average molecular weight is 253 g/mol. The minimum absolute atomic E-state index is 0. The Morgan fingerprint density at radius 2 is 2.27 bits per heavy atom. The summed E-state index contributed by atoms with van der Waals surface area (Å²) in [5, 5.41) is 3.45. The normalized spacial score (nSPS) is 26.9. The molecule has 0 spiro atoms. The van der Waals surface area contributed by atoms with Crippen molar-refractivity contribution in [1.82, 2.24) is 5.32 Å². The van der Waals surface area contributed by atoms with Crippen LogP contribution in [0.15, 0.2) is 0 Å². The molecule has 0 aliphatic heterocycles. The van der Waals surface area contributed by atoms with E-state index < -0.39 is 0 Å². The SMILES string of the molecule is CSC(C)CNC(=O)C1CCCC1N.Cl. The number of thioether (sulfide) groups is 1. The third-order valence-electron chi connectivity index (χ3n) is 2.87. The van der Waals surface area contributed by atoms with Crippen LogP contribution in [0, 0.1) is 5.92 Å². The summed E-state index contributed by atoms with van der Waals surface area (Å²) in [6, 6.07) is 0.0829. The van der Waals surface area contributed by atoms with Crippen LogP contribution in [0.3, 0.4) is 0 Å². The number of nitrogens with two attached hydrogens (primary N) is 1. The van der Waals surface area contributed by atoms with Crippen LogP contribution in [0.5, 0.6) is 0 Å². The molecule has 0 saturated heterocycles. The number of carbonyl (C=O) groups excluding carboxylic acids is 1. The van der Waals surface area contributed by atoms with Crippen LogP contribution < -0.4 is 11.1 Å². The van der Waals surface area contributed by atoms with E-state index in [0.29, 0.717) is 5.25 Å². The summed E-state index contributed by atoms with van der Waals surface area (Å²) in [5.74, 6) is 0.208. The van der Waals surface area contributed by atoms with Crippen LogP contribution in [0.2, 0.25) is 0 Å². The van der Waals surface area contributed by atoms with Crippen molar-refractivity contribution >= 4 is 30.1 Å². The van der Waals surface area contributed by atoms with E-state index in [1.165, 1.54) is 0 Å². The summed E-state index contributed by atoms with van der Waals surface area (Å²) in [6.45, 7) is 2.86. The van der Waals surface area contributed by atoms with E-state index >= 15 is 0 Å². The highest BCUT2D eigenvalue weighted by Crippen LogP contribution is 2.23. The van der Waals surface area contributed by atoms with Crippen molar-refractivity contribution < 1.29 is 4.79 Å². The highest BCUT2D eigenvalue weighted by molar-refractivity contribution is 7.99. The molecule has 0 bridgehead atoms. The third-order valence-corrected chi connectivity index (χ3v) is 3.84. The van der Waals surface area contributed by atoms with Gasteiger partial charge in [0, 0.05) is 17.8 Å². The van der Waals surface area contributed by atoms with Gasteiger partial charge in [0.05, 0.1) is 5.92 Å². The standard InChI is InChI=1S/C10H20N2OS.ClH/c1-7(14-2)6-12-10(13)8-4-3-5-9(8)11;/h7-9H,3-6,11H2,1-2H3,(H,12,13);1H. The fourth-order valence-electron chi connectivity index (χ4n) is 1.77. The molecule has 90 valence electrons. The molecule has 1 amide bonds. The minimum Gasteiger partial charge on any atom is -0.355 e. The predicted molar refractivity (Wildman–Crippen MR) is 68.6 cm³/mol. The number of carbonyl (C=O) groups is 1. The Labute approximate surface area is 102 Å². The molecule has 5 heteroatoms. The summed E-state index contributed by atoms with van der Waals surface area (Å²) >= 11 is 1.76. The summed E-state index contributed by atoms with van der Waals surface area (Å²) in [6.07, 6.45) is 5.10. The monoisotopic (exact) mass is 252 g/mol. The lowest BCUT2D eigenvalue weighted by Gasteiger charge is -2.16. The van der Waals surface area contributed by atoms with Crippen molar-refractivity contribution in [2.24, 2.45) is 11.7 Å². The van der Waals surface area contributed by atoms with Crippen molar-refractivity contribution in [3.63, 3.8) is 0 Å². The zero-order chi connectivity index (χ0) is 10.6. The largest absolute Gasteiger partial charge is 0.355 e. The second-order valence-corrected chi connectivity index (χ2v) is 5.27. The van der Waals surface area contributed by atoms with Crippen molar-refractivity contribution in [2.75, 3.05) is 12.8 Å². The van der Waals surface area contributed by atoms with Gasteiger partial charge in [0.2, 0.25) is 5.91 Å². The molecular formula is C10H21ClN2OS. The first-order valence-electron chi connectivity index (χ1n) is 5.21.